The third kappa shape index (κ3) is 3.47. The van der Waals surface area contributed by atoms with Gasteiger partial charge < -0.3 is 9.67 Å². The molecule has 0 spiro atoms. The molecule has 0 bridgehead atoms. The summed E-state index contributed by atoms with van der Waals surface area (Å²) in [5.41, 5.74) is 1.93. The number of rotatable bonds is 4. The highest BCUT2D eigenvalue weighted by Crippen LogP contribution is 2.39. The van der Waals surface area contributed by atoms with Gasteiger partial charge in [-0.05, 0) is 50.7 Å². The summed E-state index contributed by atoms with van der Waals surface area (Å²) in [6, 6.07) is 6.56. The van der Waals surface area contributed by atoms with Gasteiger partial charge in [-0.25, -0.2) is 4.98 Å². The van der Waals surface area contributed by atoms with Crippen LogP contribution in [-0.2, 0) is 24.2 Å². The molecule has 1 aliphatic carbocycles. The first-order valence-electron chi connectivity index (χ1n) is 11.2. The summed E-state index contributed by atoms with van der Waals surface area (Å²) in [7, 11) is 0. The Hall–Kier alpha value is -3.33. The van der Waals surface area contributed by atoms with E-state index in [4.69, 9.17) is 0 Å². The highest BCUT2D eigenvalue weighted by Gasteiger charge is 2.25. The van der Waals surface area contributed by atoms with Crippen molar-refractivity contribution in [2.45, 2.75) is 52.6 Å². The third-order valence-corrected chi connectivity index (χ3v) is 7.66. The van der Waals surface area contributed by atoms with Gasteiger partial charge in [0.1, 0.15) is 10.9 Å². The lowest BCUT2D eigenvalue weighted by atomic mass is 9.89. The van der Waals surface area contributed by atoms with Crippen molar-refractivity contribution in [1.29, 1.82) is 0 Å². The average molecular weight is 464 g/mol. The molecule has 0 radical (unpaired) electrons. The van der Waals surface area contributed by atoms with Crippen LogP contribution in [0.4, 0.5) is 5.69 Å². The number of benzene rings is 1. The van der Waals surface area contributed by atoms with Gasteiger partial charge >= 0.3 is 0 Å². The first-order chi connectivity index (χ1) is 15.9. The van der Waals surface area contributed by atoms with Gasteiger partial charge in [0.2, 0.25) is 5.88 Å². The maximum atomic E-state index is 13.3. The Morgan fingerprint density at radius 3 is 2.94 bits per heavy atom. The Bertz CT molecular complexity index is 1480. The summed E-state index contributed by atoms with van der Waals surface area (Å²) in [6.45, 7) is 6.31. The van der Waals surface area contributed by atoms with E-state index in [0.29, 0.717) is 23.2 Å². The van der Waals surface area contributed by atoms with E-state index in [1.807, 2.05) is 31.2 Å². The van der Waals surface area contributed by atoms with Gasteiger partial charge in [-0.2, -0.15) is 0 Å². The molecule has 8 nitrogen and oxygen atoms in total. The van der Waals surface area contributed by atoms with Crippen LogP contribution in [0.15, 0.2) is 45.6 Å². The molecule has 1 aliphatic rings. The van der Waals surface area contributed by atoms with Crippen LogP contribution in [0, 0.1) is 5.92 Å². The Balaban J connectivity index is 1.49. The Labute approximate surface area is 194 Å². The molecule has 33 heavy (non-hydrogen) atoms. The fourth-order valence-electron chi connectivity index (χ4n) is 4.61. The monoisotopic (exact) mass is 463 g/mol. The minimum atomic E-state index is -0.863. The molecule has 1 amide bonds. The molecule has 0 saturated carbocycles. The number of thiophene rings is 1. The lowest BCUT2D eigenvalue weighted by Gasteiger charge is -2.17. The van der Waals surface area contributed by atoms with Crippen LogP contribution < -0.4 is 5.56 Å². The second-order valence-corrected chi connectivity index (χ2v) is 9.72. The molecular weight excluding hydrogens is 438 g/mol. The largest absolute Gasteiger partial charge is 0.493 e. The summed E-state index contributed by atoms with van der Waals surface area (Å²) >= 11 is 1.58. The molecule has 1 aromatic carbocycles. The predicted molar refractivity (Wildman–Crippen MR) is 129 cm³/mol. The van der Waals surface area contributed by atoms with Gasteiger partial charge in [0, 0.05) is 16.8 Å². The highest BCUT2D eigenvalue weighted by atomic mass is 32.1. The average Bonchev–Trinajstić information content (AvgIpc) is 3.31. The van der Waals surface area contributed by atoms with Gasteiger partial charge in [0.15, 0.2) is 5.69 Å². The molecule has 1 N–H and O–H groups in total. The first-order valence-corrected chi connectivity index (χ1v) is 12.0. The number of hydrogen-bond acceptors (Lipinski definition) is 6. The number of amides is 1. The van der Waals surface area contributed by atoms with E-state index < -0.39 is 11.9 Å². The molecule has 5 rings (SSSR count). The van der Waals surface area contributed by atoms with Crippen LogP contribution in [-0.4, -0.2) is 25.1 Å². The summed E-state index contributed by atoms with van der Waals surface area (Å²) in [5, 5.41) is 19.9. The Morgan fingerprint density at radius 2 is 2.15 bits per heavy atom. The molecule has 3 aromatic heterocycles. The molecule has 0 aliphatic heterocycles. The van der Waals surface area contributed by atoms with E-state index >= 15 is 0 Å². The van der Waals surface area contributed by atoms with Crippen molar-refractivity contribution < 1.29 is 9.90 Å². The van der Waals surface area contributed by atoms with Crippen LogP contribution in [0.2, 0.25) is 0 Å². The van der Waals surface area contributed by atoms with Crippen molar-refractivity contribution in [2.75, 3.05) is 0 Å². The smallest absolute Gasteiger partial charge is 0.287 e. The summed E-state index contributed by atoms with van der Waals surface area (Å²) in [4.78, 5) is 32.6. The standard InChI is InChI=1S/C24H25N5O3S/c1-4-28-17-8-6-5-7-15(17)20(24(28)32)26-27-21(30)14(3)29-12-25-22-19(23(29)31)16-10-9-13(2)11-18(16)33-22/h5-8,12-14,32H,4,9-11H2,1-3H3/t13-,14-/m0/s1. The van der Waals surface area contributed by atoms with E-state index in [-0.39, 0.29) is 17.1 Å². The molecular formula is C24H25N5O3S. The number of para-hydroxylation sites is 1. The summed E-state index contributed by atoms with van der Waals surface area (Å²) in [6.07, 6.45) is 4.30. The number of aromatic nitrogens is 3. The van der Waals surface area contributed by atoms with E-state index in [2.05, 4.69) is 22.1 Å². The van der Waals surface area contributed by atoms with Crippen LogP contribution in [0.5, 0.6) is 5.88 Å². The van der Waals surface area contributed by atoms with Crippen molar-refractivity contribution in [3.05, 3.63) is 51.4 Å². The number of azo groups is 1. The van der Waals surface area contributed by atoms with Gasteiger partial charge in [0.25, 0.3) is 11.5 Å². The van der Waals surface area contributed by atoms with E-state index in [0.717, 1.165) is 35.2 Å². The van der Waals surface area contributed by atoms with E-state index in [1.54, 1.807) is 22.8 Å². The van der Waals surface area contributed by atoms with Crippen molar-refractivity contribution in [1.82, 2.24) is 14.1 Å². The van der Waals surface area contributed by atoms with Crippen LogP contribution >= 0.6 is 11.3 Å². The molecule has 9 heteroatoms. The topological polar surface area (TPSA) is 102 Å². The molecule has 0 fully saturated rings. The molecule has 4 aromatic rings. The number of hydrogen-bond donors (Lipinski definition) is 1. The number of carbonyl (C=O) groups excluding carboxylic acids is 1. The molecule has 0 saturated heterocycles. The van der Waals surface area contributed by atoms with Gasteiger partial charge in [-0.15, -0.1) is 21.6 Å². The van der Waals surface area contributed by atoms with Crippen LogP contribution in [0.25, 0.3) is 21.1 Å². The third-order valence-electron chi connectivity index (χ3n) is 6.50. The van der Waals surface area contributed by atoms with E-state index in [1.165, 1.54) is 15.8 Å². The minimum Gasteiger partial charge on any atom is -0.493 e. The minimum absolute atomic E-state index is 0.0396. The zero-order chi connectivity index (χ0) is 23.3. The van der Waals surface area contributed by atoms with Gasteiger partial charge in [0.05, 0.1) is 17.2 Å². The summed E-state index contributed by atoms with van der Waals surface area (Å²) in [5.74, 6) is -0.0187. The van der Waals surface area contributed by atoms with Gasteiger partial charge in [-0.1, -0.05) is 25.1 Å². The Morgan fingerprint density at radius 1 is 1.36 bits per heavy atom. The number of fused-ring (bicyclic) bond motifs is 4. The van der Waals surface area contributed by atoms with Crippen molar-refractivity contribution in [3.8, 4) is 5.88 Å². The summed E-state index contributed by atoms with van der Waals surface area (Å²) < 4.78 is 3.05. The van der Waals surface area contributed by atoms with Crippen molar-refractivity contribution in [2.24, 2.45) is 16.1 Å². The molecule has 2 atom stereocenters. The van der Waals surface area contributed by atoms with Gasteiger partial charge in [-0.3, -0.25) is 14.2 Å². The fraction of sp³-hybridized carbons (Fsp3) is 0.375. The van der Waals surface area contributed by atoms with Crippen molar-refractivity contribution in [3.63, 3.8) is 0 Å². The fourth-order valence-corrected chi connectivity index (χ4v) is 5.95. The van der Waals surface area contributed by atoms with Crippen LogP contribution in [0.3, 0.4) is 0 Å². The molecule has 0 unspecified atom stereocenters. The second-order valence-electron chi connectivity index (χ2n) is 8.64. The normalized spacial score (nSPS) is 17.1. The van der Waals surface area contributed by atoms with Crippen LogP contribution in [0.1, 0.15) is 43.7 Å². The number of aryl methyl sites for hydroxylation is 2. The highest BCUT2D eigenvalue weighted by molar-refractivity contribution is 7.18. The first kappa shape index (κ1) is 21.5. The number of nitrogens with zero attached hydrogens (tertiary/aromatic N) is 5. The predicted octanol–water partition coefficient (Wildman–Crippen LogP) is 5.13. The maximum Gasteiger partial charge on any atom is 0.287 e. The Kier molecular flexibility index (Phi) is 5.36. The van der Waals surface area contributed by atoms with Crippen molar-refractivity contribution >= 4 is 44.1 Å². The molecule has 170 valence electrons. The lowest BCUT2D eigenvalue weighted by molar-refractivity contribution is -0.121. The zero-order valence-corrected chi connectivity index (χ0v) is 19.6. The molecule has 3 heterocycles. The number of aromatic hydroxyl groups is 1. The maximum absolute atomic E-state index is 13.3. The zero-order valence-electron chi connectivity index (χ0n) is 18.8. The SMILES string of the molecule is CCn1c(O)c(N=NC(=O)[C@H](C)n2cnc3sc4c(c3c2=O)CC[C@H](C)C4)c2ccccc21. The second kappa shape index (κ2) is 8.22. The van der Waals surface area contributed by atoms with E-state index in [9.17, 15) is 14.7 Å². The number of carbonyl (C=O) groups is 1. The lowest BCUT2D eigenvalue weighted by Crippen LogP contribution is -2.28. The quantitative estimate of drug-likeness (QED) is 0.424.